The van der Waals surface area contributed by atoms with Crippen molar-refractivity contribution in [2.24, 2.45) is 13.0 Å². The maximum absolute atomic E-state index is 13.1. The van der Waals surface area contributed by atoms with Crippen LogP contribution in [-0.4, -0.2) is 48.4 Å². The molecule has 1 saturated carbocycles. The van der Waals surface area contributed by atoms with E-state index < -0.39 is 24.2 Å². The van der Waals surface area contributed by atoms with Crippen LogP contribution in [0.5, 0.6) is 0 Å². The van der Waals surface area contributed by atoms with E-state index in [0.29, 0.717) is 17.5 Å². The van der Waals surface area contributed by atoms with E-state index in [1.807, 2.05) is 0 Å². The standard InChI is InChI=1S/C16H16F2N8O/c1-24-8-10(6-20-24)22-15-19-4-3-13(23-15)26-9-11(7-21-26)25(2)14(27)12-5-16(12,17)18/h3-4,6-9,12H,5H2,1-2H3,(H,19,22,23). The van der Waals surface area contributed by atoms with Crippen molar-refractivity contribution < 1.29 is 13.6 Å². The average Bonchev–Trinajstić information content (AvgIpc) is 3.00. The van der Waals surface area contributed by atoms with Crippen LogP contribution in [0.15, 0.2) is 37.1 Å². The van der Waals surface area contributed by atoms with Crippen LogP contribution in [0.2, 0.25) is 0 Å². The van der Waals surface area contributed by atoms with Gasteiger partial charge in [-0.1, -0.05) is 0 Å². The summed E-state index contributed by atoms with van der Waals surface area (Å²) in [7, 11) is 3.25. The Morgan fingerprint density at radius 1 is 1.33 bits per heavy atom. The Bertz CT molecular complexity index is 998. The van der Waals surface area contributed by atoms with E-state index in [2.05, 4.69) is 25.5 Å². The summed E-state index contributed by atoms with van der Waals surface area (Å²) in [5.41, 5.74) is 1.13. The molecule has 0 saturated heterocycles. The van der Waals surface area contributed by atoms with Crippen molar-refractivity contribution in [1.29, 1.82) is 0 Å². The van der Waals surface area contributed by atoms with Crippen molar-refractivity contribution in [3.63, 3.8) is 0 Å². The summed E-state index contributed by atoms with van der Waals surface area (Å²) in [5, 5.41) is 11.2. The van der Waals surface area contributed by atoms with Crippen molar-refractivity contribution >= 4 is 23.2 Å². The first-order valence-corrected chi connectivity index (χ1v) is 8.13. The zero-order valence-corrected chi connectivity index (χ0v) is 14.5. The third-order valence-corrected chi connectivity index (χ3v) is 4.25. The largest absolute Gasteiger partial charge is 0.321 e. The Balaban J connectivity index is 1.51. The number of halogens is 2. The summed E-state index contributed by atoms with van der Waals surface area (Å²) in [6.07, 6.45) is 7.54. The molecule has 3 heterocycles. The normalized spacial score (nSPS) is 17.6. The first-order valence-electron chi connectivity index (χ1n) is 8.13. The molecule has 0 spiro atoms. The zero-order valence-electron chi connectivity index (χ0n) is 14.5. The number of hydrogen-bond acceptors (Lipinski definition) is 6. The third kappa shape index (κ3) is 3.35. The highest BCUT2D eigenvalue weighted by Crippen LogP contribution is 2.49. The van der Waals surface area contributed by atoms with E-state index in [1.54, 1.807) is 42.6 Å². The van der Waals surface area contributed by atoms with Crippen LogP contribution in [-0.2, 0) is 11.8 Å². The van der Waals surface area contributed by atoms with E-state index in [9.17, 15) is 13.6 Å². The molecular formula is C16H16F2N8O. The molecule has 11 heteroatoms. The summed E-state index contributed by atoms with van der Waals surface area (Å²) in [6, 6.07) is 1.64. The number of nitrogens with one attached hydrogen (secondary N) is 1. The van der Waals surface area contributed by atoms with Crippen molar-refractivity contribution in [1.82, 2.24) is 29.5 Å². The summed E-state index contributed by atoms with van der Waals surface area (Å²) < 4.78 is 29.3. The molecule has 3 aromatic heterocycles. The van der Waals surface area contributed by atoms with E-state index in [0.717, 1.165) is 5.69 Å². The fraction of sp³-hybridized carbons (Fsp3) is 0.312. The number of aromatic nitrogens is 6. The molecule has 1 aliphatic rings. The van der Waals surface area contributed by atoms with Gasteiger partial charge in [0, 0.05) is 39.0 Å². The molecule has 0 aromatic carbocycles. The average molecular weight is 374 g/mol. The van der Waals surface area contributed by atoms with Gasteiger partial charge in [0.25, 0.3) is 5.92 Å². The van der Waals surface area contributed by atoms with E-state index in [-0.39, 0.29) is 0 Å². The quantitative estimate of drug-likeness (QED) is 0.731. The van der Waals surface area contributed by atoms with Crippen LogP contribution in [0.3, 0.4) is 0 Å². The fourth-order valence-electron chi connectivity index (χ4n) is 2.61. The second kappa shape index (κ2) is 6.11. The van der Waals surface area contributed by atoms with Gasteiger partial charge >= 0.3 is 0 Å². The molecule has 1 atom stereocenters. The maximum Gasteiger partial charge on any atom is 0.260 e. The highest BCUT2D eigenvalue weighted by Gasteiger charge is 2.62. The number of carbonyl (C=O) groups is 1. The number of hydrogen-bond donors (Lipinski definition) is 1. The van der Waals surface area contributed by atoms with Crippen LogP contribution >= 0.6 is 0 Å². The van der Waals surface area contributed by atoms with Crippen LogP contribution in [0, 0.1) is 5.92 Å². The van der Waals surface area contributed by atoms with Crippen LogP contribution in [0.4, 0.5) is 26.1 Å². The smallest absolute Gasteiger partial charge is 0.260 e. The Morgan fingerprint density at radius 2 is 2.11 bits per heavy atom. The third-order valence-electron chi connectivity index (χ3n) is 4.25. The SMILES string of the molecule is CN(C(=O)C1CC1(F)F)c1cnn(-c2ccnc(Nc3cnn(C)c3)n2)c1. The molecule has 1 aliphatic carbocycles. The maximum atomic E-state index is 13.1. The van der Waals surface area contributed by atoms with Gasteiger partial charge in [0.2, 0.25) is 11.9 Å². The lowest BCUT2D eigenvalue weighted by Gasteiger charge is -2.14. The summed E-state index contributed by atoms with van der Waals surface area (Å²) in [6.45, 7) is 0. The highest BCUT2D eigenvalue weighted by molar-refractivity contribution is 5.96. The van der Waals surface area contributed by atoms with Gasteiger partial charge in [0.15, 0.2) is 5.82 Å². The summed E-state index contributed by atoms with van der Waals surface area (Å²) in [5.74, 6) is -3.97. The van der Waals surface area contributed by atoms with Gasteiger partial charge in [-0.05, 0) is 0 Å². The molecule has 9 nitrogen and oxygen atoms in total. The number of aryl methyl sites for hydroxylation is 1. The van der Waals surface area contributed by atoms with Gasteiger partial charge in [-0.15, -0.1) is 0 Å². The second-order valence-corrected chi connectivity index (χ2v) is 6.32. The molecule has 140 valence electrons. The fourth-order valence-corrected chi connectivity index (χ4v) is 2.61. The summed E-state index contributed by atoms with van der Waals surface area (Å²) in [4.78, 5) is 21.8. The molecule has 1 amide bonds. The first kappa shape index (κ1) is 17.1. The van der Waals surface area contributed by atoms with Crippen molar-refractivity contribution in [2.45, 2.75) is 12.3 Å². The minimum atomic E-state index is -2.90. The Morgan fingerprint density at radius 3 is 2.78 bits per heavy atom. The molecule has 0 bridgehead atoms. The minimum absolute atomic E-state index is 0.347. The number of alkyl halides is 2. The monoisotopic (exact) mass is 374 g/mol. The molecule has 1 fully saturated rings. The molecular weight excluding hydrogens is 358 g/mol. The topological polar surface area (TPSA) is 93.8 Å². The molecule has 3 aromatic rings. The first-order chi connectivity index (χ1) is 12.8. The molecule has 1 unspecified atom stereocenters. The molecule has 27 heavy (non-hydrogen) atoms. The molecule has 1 N–H and O–H groups in total. The lowest BCUT2D eigenvalue weighted by Crippen LogP contribution is -2.29. The van der Waals surface area contributed by atoms with Gasteiger partial charge in [0.1, 0.15) is 5.92 Å². The lowest BCUT2D eigenvalue weighted by atomic mass is 10.3. The highest BCUT2D eigenvalue weighted by atomic mass is 19.3. The lowest BCUT2D eigenvalue weighted by molar-refractivity contribution is -0.121. The van der Waals surface area contributed by atoms with E-state index >= 15 is 0 Å². The van der Waals surface area contributed by atoms with Gasteiger partial charge in [-0.25, -0.2) is 18.4 Å². The Hall–Kier alpha value is -3.37. The Kier molecular flexibility index (Phi) is 3.86. The van der Waals surface area contributed by atoms with Crippen molar-refractivity contribution in [3.8, 4) is 5.82 Å². The predicted octanol–water partition coefficient (Wildman–Crippen LogP) is 1.76. The van der Waals surface area contributed by atoms with E-state index in [1.165, 1.54) is 22.8 Å². The number of anilines is 3. The molecule has 0 aliphatic heterocycles. The zero-order chi connectivity index (χ0) is 19.2. The Labute approximate surface area is 152 Å². The van der Waals surface area contributed by atoms with Crippen molar-refractivity contribution in [2.75, 3.05) is 17.3 Å². The van der Waals surface area contributed by atoms with Gasteiger partial charge in [-0.3, -0.25) is 9.48 Å². The number of amides is 1. The van der Waals surface area contributed by atoms with Crippen LogP contribution in [0.1, 0.15) is 6.42 Å². The van der Waals surface area contributed by atoms with Crippen LogP contribution < -0.4 is 10.2 Å². The second-order valence-electron chi connectivity index (χ2n) is 6.32. The van der Waals surface area contributed by atoms with E-state index in [4.69, 9.17) is 0 Å². The van der Waals surface area contributed by atoms with Crippen molar-refractivity contribution in [3.05, 3.63) is 37.1 Å². The summed E-state index contributed by atoms with van der Waals surface area (Å²) >= 11 is 0. The minimum Gasteiger partial charge on any atom is -0.321 e. The number of rotatable bonds is 5. The van der Waals surface area contributed by atoms with Gasteiger partial charge in [-0.2, -0.15) is 15.2 Å². The predicted molar refractivity (Wildman–Crippen MR) is 92.1 cm³/mol. The van der Waals surface area contributed by atoms with Gasteiger partial charge < -0.3 is 10.2 Å². The van der Waals surface area contributed by atoms with Gasteiger partial charge in [0.05, 0.1) is 30.0 Å². The number of nitrogens with zero attached hydrogens (tertiary/aromatic N) is 7. The molecule has 0 radical (unpaired) electrons. The number of carbonyl (C=O) groups excluding carboxylic acids is 1. The van der Waals surface area contributed by atoms with Crippen LogP contribution in [0.25, 0.3) is 5.82 Å². The molecule has 4 rings (SSSR count).